The lowest BCUT2D eigenvalue weighted by atomic mass is 10.1. The van der Waals surface area contributed by atoms with Crippen LogP contribution in [-0.2, 0) is 18.9 Å². The first kappa shape index (κ1) is 9.40. The van der Waals surface area contributed by atoms with Crippen molar-refractivity contribution in [2.75, 3.05) is 26.4 Å². The largest absolute Gasteiger partial charge is 0.347 e. The molecule has 0 bridgehead atoms. The van der Waals surface area contributed by atoms with E-state index in [0.29, 0.717) is 19.1 Å². The first-order valence-electron chi connectivity index (χ1n) is 4.71. The van der Waals surface area contributed by atoms with Gasteiger partial charge in [-0.2, -0.15) is 0 Å². The van der Waals surface area contributed by atoms with Crippen molar-refractivity contribution in [3.63, 3.8) is 0 Å². The zero-order valence-electron chi connectivity index (χ0n) is 8.12. The summed E-state index contributed by atoms with van der Waals surface area (Å²) in [7, 11) is 0. The Bertz CT molecular complexity index is 143. The molecule has 4 heteroatoms. The minimum atomic E-state index is -0.626. The second-order valence-electron chi connectivity index (χ2n) is 3.83. The first-order chi connectivity index (χ1) is 6.20. The van der Waals surface area contributed by atoms with Crippen molar-refractivity contribution < 1.29 is 18.9 Å². The Hall–Kier alpha value is -0.160. The van der Waals surface area contributed by atoms with Gasteiger partial charge in [-0.05, 0) is 6.92 Å². The molecule has 0 aliphatic carbocycles. The Morgan fingerprint density at radius 2 is 1.54 bits per heavy atom. The van der Waals surface area contributed by atoms with Gasteiger partial charge < -0.3 is 18.9 Å². The van der Waals surface area contributed by atoms with E-state index in [1.165, 1.54) is 0 Å². The highest BCUT2D eigenvalue weighted by Crippen LogP contribution is 2.26. The van der Waals surface area contributed by atoms with E-state index < -0.39 is 5.79 Å². The zero-order chi connectivity index (χ0) is 9.31. The van der Waals surface area contributed by atoms with E-state index in [1.807, 2.05) is 6.92 Å². The van der Waals surface area contributed by atoms with Crippen LogP contribution in [0.3, 0.4) is 0 Å². The van der Waals surface area contributed by atoms with Gasteiger partial charge in [-0.25, -0.2) is 0 Å². The molecular weight excluding hydrogens is 172 g/mol. The fourth-order valence-corrected chi connectivity index (χ4v) is 1.42. The highest BCUT2D eigenvalue weighted by molar-refractivity contribution is 4.76. The van der Waals surface area contributed by atoms with Crippen LogP contribution in [0.5, 0.6) is 0 Å². The molecule has 0 atom stereocenters. The molecule has 0 aromatic heterocycles. The summed E-state index contributed by atoms with van der Waals surface area (Å²) >= 11 is 0. The van der Waals surface area contributed by atoms with Crippen LogP contribution in [-0.4, -0.2) is 38.5 Å². The molecule has 0 saturated carbocycles. The molecule has 4 nitrogen and oxygen atoms in total. The van der Waals surface area contributed by atoms with Gasteiger partial charge in [0.05, 0.1) is 13.2 Å². The van der Waals surface area contributed by atoms with Gasteiger partial charge in [-0.1, -0.05) is 6.92 Å². The first-order valence-corrected chi connectivity index (χ1v) is 4.71. The Labute approximate surface area is 78.1 Å². The number of hydrogen-bond acceptors (Lipinski definition) is 4. The smallest absolute Gasteiger partial charge is 0.216 e. The lowest BCUT2D eigenvalue weighted by Crippen LogP contribution is -2.54. The van der Waals surface area contributed by atoms with Crippen molar-refractivity contribution in [3.05, 3.63) is 0 Å². The molecule has 76 valence electrons. The van der Waals surface area contributed by atoms with E-state index >= 15 is 0 Å². The predicted octanol–water partition coefficient (Wildman–Crippen LogP) is 0.758. The lowest BCUT2D eigenvalue weighted by Gasteiger charge is -2.42. The minimum Gasteiger partial charge on any atom is -0.347 e. The Morgan fingerprint density at radius 3 is 2.08 bits per heavy atom. The standard InChI is InChI=1S/C9H16O4/c1-7-3-12-9(13-4-7)5-10-8(2)11-6-9/h7-8H,3-6H2,1-2H3. The number of hydrogen-bond donors (Lipinski definition) is 0. The Kier molecular flexibility index (Phi) is 2.55. The van der Waals surface area contributed by atoms with Crippen molar-refractivity contribution in [2.24, 2.45) is 5.92 Å². The van der Waals surface area contributed by atoms with Crippen LogP contribution in [0.1, 0.15) is 13.8 Å². The maximum Gasteiger partial charge on any atom is 0.216 e. The van der Waals surface area contributed by atoms with E-state index in [9.17, 15) is 0 Å². The number of ether oxygens (including phenoxy) is 4. The predicted molar refractivity (Wildman–Crippen MR) is 45.2 cm³/mol. The van der Waals surface area contributed by atoms with Crippen molar-refractivity contribution >= 4 is 0 Å². The summed E-state index contributed by atoms with van der Waals surface area (Å²) < 4.78 is 21.9. The Balaban J connectivity index is 1.90. The fourth-order valence-electron chi connectivity index (χ4n) is 1.42. The molecule has 2 heterocycles. The third-order valence-corrected chi connectivity index (χ3v) is 2.34. The van der Waals surface area contributed by atoms with Crippen molar-refractivity contribution in [3.8, 4) is 0 Å². The van der Waals surface area contributed by atoms with E-state index in [1.54, 1.807) is 0 Å². The average molecular weight is 188 g/mol. The van der Waals surface area contributed by atoms with Crippen LogP contribution in [0.15, 0.2) is 0 Å². The van der Waals surface area contributed by atoms with E-state index in [-0.39, 0.29) is 6.29 Å². The summed E-state index contributed by atoms with van der Waals surface area (Å²) in [4.78, 5) is 0. The zero-order valence-corrected chi connectivity index (χ0v) is 8.12. The lowest BCUT2D eigenvalue weighted by molar-refractivity contribution is -0.369. The second kappa shape index (κ2) is 3.53. The van der Waals surface area contributed by atoms with Crippen LogP contribution in [0.25, 0.3) is 0 Å². The maximum atomic E-state index is 5.59. The van der Waals surface area contributed by atoms with Gasteiger partial charge in [0.1, 0.15) is 13.2 Å². The van der Waals surface area contributed by atoms with Gasteiger partial charge in [0.25, 0.3) is 0 Å². The van der Waals surface area contributed by atoms with Gasteiger partial charge in [-0.15, -0.1) is 0 Å². The highest BCUT2D eigenvalue weighted by Gasteiger charge is 2.41. The van der Waals surface area contributed by atoms with Crippen LogP contribution in [0.4, 0.5) is 0 Å². The molecule has 2 fully saturated rings. The van der Waals surface area contributed by atoms with Gasteiger partial charge in [-0.3, -0.25) is 0 Å². The van der Waals surface area contributed by atoms with Crippen LogP contribution in [0.2, 0.25) is 0 Å². The number of rotatable bonds is 0. The molecule has 0 N–H and O–H groups in total. The van der Waals surface area contributed by atoms with Crippen molar-refractivity contribution in [1.82, 2.24) is 0 Å². The molecular formula is C9H16O4. The summed E-state index contributed by atoms with van der Waals surface area (Å²) in [5, 5.41) is 0. The van der Waals surface area contributed by atoms with E-state index in [2.05, 4.69) is 6.92 Å². The van der Waals surface area contributed by atoms with E-state index in [4.69, 9.17) is 18.9 Å². The topological polar surface area (TPSA) is 36.9 Å². The molecule has 2 rings (SSSR count). The van der Waals surface area contributed by atoms with Crippen LogP contribution < -0.4 is 0 Å². The highest BCUT2D eigenvalue weighted by atomic mass is 16.8. The van der Waals surface area contributed by atoms with Crippen LogP contribution in [0, 0.1) is 5.92 Å². The third-order valence-electron chi connectivity index (χ3n) is 2.34. The molecule has 0 aromatic rings. The quantitative estimate of drug-likeness (QED) is 0.562. The molecule has 13 heavy (non-hydrogen) atoms. The summed E-state index contributed by atoms with van der Waals surface area (Å²) in [6.07, 6.45) is -0.142. The third kappa shape index (κ3) is 2.02. The molecule has 2 aliphatic heterocycles. The molecule has 0 unspecified atom stereocenters. The molecule has 1 spiro atoms. The van der Waals surface area contributed by atoms with Gasteiger partial charge in [0.2, 0.25) is 5.79 Å². The van der Waals surface area contributed by atoms with Gasteiger partial charge in [0.15, 0.2) is 6.29 Å². The molecule has 0 amide bonds. The van der Waals surface area contributed by atoms with Crippen LogP contribution >= 0.6 is 0 Å². The molecule has 0 radical (unpaired) electrons. The SMILES string of the molecule is CC1COC2(COC(C)OC2)OC1. The molecule has 2 saturated heterocycles. The fraction of sp³-hybridized carbons (Fsp3) is 1.00. The maximum absolute atomic E-state index is 5.59. The summed E-state index contributed by atoms with van der Waals surface area (Å²) in [5.74, 6) is -0.163. The normalized spacial score (nSPS) is 46.6. The Morgan fingerprint density at radius 1 is 1.00 bits per heavy atom. The van der Waals surface area contributed by atoms with Gasteiger partial charge >= 0.3 is 0 Å². The average Bonchev–Trinajstić information content (AvgIpc) is 2.16. The summed E-state index contributed by atoms with van der Waals surface area (Å²) in [6.45, 7) is 6.36. The molecule has 2 aliphatic rings. The summed E-state index contributed by atoms with van der Waals surface area (Å²) in [5.41, 5.74) is 0. The van der Waals surface area contributed by atoms with Gasteiger partial charge in [0, 0.05) is 5.92 Å². The van der Waals surface area contributed by atoms with E-state index in [0.717, 1.165) is 13.2 Å². The van der Waals surface area contributed by atoms with Crippen molar-refractivity contribution in [2.45, 2.75) is 25.9 Å². The monoisotopic (exact) mass is 188 g/mol. The molecule has 0 aromatic carbocycles. The summed E-state index contributed by atoms with van der Waals surface area (Å²) in [6, 6.07) is 0. The van der Waals surface area contributed by atoms with Crippen molar-refractivity contribution in [1.29, 1.82) is 0 Å². The second-order valence-corrected chi connectivity index (χ2v) is 3.83. The minimum absolute atomic E-state index is 0.142.